The maximum absolute atomic E-state index is 14.8. The molecule has 6 rings (SSSR count). The fraction of sp³-hybridized carbons (Fsp3) is 0.650. The lowest BCUT2D eigenvalue weighted by Gasteiger charge is -2.33. The number of nitrogens with zero attached hydrogens (tertiary/aromatic N) is 3. The smallest absolute Gasteiger partial charge is 0.408 e. The quantitative estimate of drug-likeness (QED) is 0.326. The van der Waals surface area contributed by atoms with E-state index < -0.39 is 73.8 Å². The van der Waals surface area contributed by atoms with Crippen LogP contribution in [0.5, 0.6) is 5.88 Å². The van der Waals surface area contributed by atoms with Gasteiger partial charge in [0.05, 0.1) is 28.1 Å². The number of aromatic nitrogens is 2. The van der Waals surface area contributed by atoms with Gasteiger partial charge in [-0.2, -0.15) is 0 Å². The number of allylic oxidation sites excluding steroid dienone is 1. The van der Waals surface area contributed by atoms with Crippen molar-refractivity contribution >= 4 is 44.6 Å². The van der Waals surface area contributed by atoms with E-state index in [1.807, 2.05) is 32.9 Å². The molecule has 56 heavy (non-hydrogen) atoms. The Kier molecular flexibility index (Phi) is 11.1. The van der Waals surface area contributed by atoms with Crippen molar-refractivity contribution < 1.29 is 41.3 Å². The van der Waals surface area contributed by atoms with E-state index in [9.17, 15) is 32.4 Å². The van der Waals surface area contributed by atoms with Crippen LogP contribution >= 0.6 is 0 Å². The molecule has 0 unspecified atom stereocenters. The van der Waals surface area contributed by atoms with Crippen LogP contribution in [-0.2, 0) is 29.1 Å². The molecule has 4 aliphatic rings. The number of rotatable bonds is 7. The highest BCUT2D eigenvalue weighted by molar-refractivity contribution is 7.91. The topological polar surface area (TPSA) is 195 Å². The number of amides is 4. The van der Waals surface area contributed by atoms with E-state index >= 15 is 0 Å². The van der Waals surface area contributed by atoms with Crippen LogP contribution in [0.2, 0.25) is 0 Å². The van der Waals surface area contributed by atoms with Crippen LogP contribution in [0, 0.1) is 17.8 Å². The SMILES string of the molecule is CC(C)n1nc(O[C@@H]2C[C@H]3C(=O)N[C@]4(C(=O)NS(=O)(=O)C5(C)CC5)C[C@H]4/C=C\CC[C@@H](C)C[C@@H](C)[C@H](NC(=O)OC(C)(C)C)C(=O)N3C2)c2ccccc2c1=O.[HH].[HH].[HH]. The summed E-state index contributed by atoms with van der Waals surface area (Å²) in [5.74, 6) is -2.57. The minimum Gasteiger partial charge on any atom is -0.471 e. The maximum Gasteiger partial charge on any atom is 0.408 e. The Labute approximate surface area is 332 Å². The highest BCUT2D eigenvalue weighted by Gasteiger charge is 2.63. The molecule has 2 saturated carbocycles. The van der Waals surface area contributed by atoms with Gasteiger partial charge in [0.1, 0.15) is 29.3 Å². The standard InChI is InChI=1S/C40H56N6O9S.3H2/c1-23(2)46-34(48)29-16-12-11-15-28(29)33(43-46)54-27-20-30-32(47)42-40(36(50)44-56(52,53)39(8)17-18-39)21-26(40)14-10-9-13-24(3)19-25(4)31(35(49)45(30)22-27)41-37(51)55-38(5,6)7;;;/h10-12,14-16,23-27,30-31H,9,13,17-22H2,1-8H3,(H,41,51)(H,42,47)(H,44,50);3*1H/b14-10-;;;/t24-,25-,26-,27-,30+,31+,40-;;;/m1.../s1. The molecule has 3 N–H and O–H groups in total. The van der Waals surface area contributed by atoms with Crippen molar-refractivity contribution in [1.29, 1.82) is 0 Å². The Morgan fingerprint density at radius 3 is 2.39 bits per heavy atom. The van der Waals surface area contributed by atoms with Gasteiger partial charge in [-0.3, -0.25) is 23.9 Å². The third-order valence-electron chi connectivity index (χ3n) is 11.5. The van der Waals surface area contributed by atoms with Gasteiger partial charge in [0, 0.05) is 16.6 Å². The number of sulfonamides is 1. The summed E-state index contributed by atoms with van der Waals surface area (Å²) in [7, 11) is -4.02. The van der Waals surface area contributed by atoms with Gasteiger partial charge in [-0.1, -0.05) is 38.1 Å². The first kappa shape index (κ1) is 41.2. The van der Waals surface area contributed by atoms with Gasteiger partial charge < -0.3 is 25.0 Å². The molecule has 2 aliphatic heterocycles. The van der Waals surface area contributed by atoms with E-state index in [-0.39, 0.29) is 53.0 Å². The molecule has 1 aromatic carbocycles. The summed E-state index contributed by atoms with van der Waals surface area (Å²) in [5.41, 5.74) is -2.69. The van der Waals surface area contributed by atoms with Gasteiger partial charge in [-0.25, -0.2) is 17.9 Å². The van der Waals surface area contributed by atoms with E-state index in [0.717, 1.165) is 6.42 Å². The third kappa shape index (κ3) is 8.44. The lowest BCUT2D eigenvalue weighted by molar-refractivity contribution is -0.142. The minimum absolute atomic E-state index is 0. The molecule has 7 atom stereocenters. The van der Waals surface area contributed by atoms with Gasteiger partial charge in [0.15, 0.2) is 0 Å². The summed E-state index contributed by atoms with van der Waals surface area (Å²) in [5, 5.41) is 11.1. The van der Waals surface area contributed by atoms with Crippen LogP contribution in [0.25, 0.3) is 10.8 Å². The molecule has 3 fully saturated rings. The second-order valence-corrected chi connectivity index (χ2v) is 20.0. The third-order valence-corrected chi connectivity index (χ3v) is 13.6. The predicted octanol–water partition coefficient (Wildman–Crippen LogP) is 4.84. The van der Waals surface area contributed by atoms with Crippen molar-refractivity contribution in [3.63, 3.8) is 0 Å². The molecular formula is C40H62N6O9S. The maximum atomic E-state index is 14.8. The molecule has 1 aromatic heterocycles. The molecule has 0 spiro atoms. The molecule has 0 bridgehead atoms. The molecule has 312 valence electrons. The normalized spacial score (nSPS) is 29.9. The molecule has 15 nitrogen and oxygen atoms in total. The van der Waals surface area contributed by atoms with Crippen LogP contribution in [-0.4, -0.2) is 87.5 Å². The average Bonchev–Trinajstić information content (AvgIpc) is 3.99. The highest BCUT2D eigenvalue weighted by Crippen LogP contribution is 2.47. The minimum atomic E-state index is -4.02. The van der Waals surface area contributed by atoms with Gasteiger partial charge >= 0.3 is 6.09 Å². The zero-order valence-electron chi connectivity index (χ0n) is 33.6. The van der Waals surface area contributed by atoms with Crippen molar-refractivity contribution in [2.24, 2.45) is 17.8 Å². The summed E-state index contributed by atoms with van der Waals surface area (Å²) in [6, 6.07) is 4.35. The monoisotopic (exact) mass is 802 g/mol. The Morgan fingerprint density at radius 2 is 1.75 bits per heavy atom. The van der Waals surface area contributed by atoms with Crippen molar-refractivity contribution in [3.8, 4) is 5.88 Å². The number of ether oxygens (including phenoxy) is 2. The number of alkyl carbamates (subject to hydrolysis) is 1. The van der Waals surface area contributed by atoms with E-state index in [2.05, 4.69) is 27.4 Å². The molecule has 4 amide bonds. The Morgan fingerprint density at radius 1 is 1.07 bits per heavy atom. The average molecular weight is 803 g/mol. The number of carbonyl (C=O) groups excluding carboxylic acids is 4. The number of benzene rings is 1. The number of carbonyl (C=O) groups is 4. The first-order chi connectivity index (χ1) is 26.1. The molecule has 1 saturated heterocycles. The predicted molar refractivity (Wildman–Crippen MR) is 215 cm³/mol. The Balaban J connectivity index is 0.00000310. The van der Waals surface area contributed by atoms with Crippen LogP contribution in [0.3, 0.4) is 0 Å². The number of fused-ring (bicyclic) bond motifs is 3. The van der Waals surface area contributed by atoms with Gasteiger partial charge in [0.2, 0.25) is 27.7 Å². The molecule has 3 heterocycles. The number of hydrogen-bond acceptors (Lipinski definition) is 10. The summed E-state index contributed by atoms with van der Waals surface area (Å²) < 4.78 is 41.0. The van der Waals surface area contributed by atoms with Crippen LogP contribution in [0.1, 0.15) is 111 Å². The van der Waals surface area contributed by atoms with E-state index in [1.54, 1.807) is 52.0 Å². The highest BCUT2D eigenvalue weighted by atomic mass is 32.2. The number of nitrogens with one attached hydrogen (secondary N) is 3. The summed E-state index contributed by atoms with van der Waals surface area (Å²) in [6.45, 7) is 14.3. The van der Waals surface area contributed by atoms with Crippen molar-refractivity contribution in [1.82, 2.24) is 30.0 Å². The summed E-state index contributed by atoms with van der Waals surface area (Å²) >= 11 is 0. The van der Waals surface area contributed by atoms with Gasteiger partial charge in [-0.15, -0.1) is 5.10 Å². The van der Waals surface area contributed by atoms with Crippen molar-refractivity contribution in [3.05, 3.63) is 46.8 Å². The van der Waals surface area contributed by atoms with Crippen LogP contribution < -0.4 is 25.7 Å². The van der Waals surface area contributed by atoms with Crippen molar-refractivity contribution in [2.45, 2.75) is 140 Å². The summed E-state index contributed by atoms with van der Waals surface area (Å²) in [4.78, 5) is 71.2. The van der Waals surface area contributed by atoms with Gasteiger partial charge in [0.25, 0.3) is 11.5 Å². The first-order valence-electron chi connectivity index (χ1n) is 19.7. The number of hydrogen-bond donors (Lipinski definition) is 3. The van der Waals surface area contributed by atoms with E-state index in [4.69, 9.17) is 9.47 Å². The van der Waals surface area contributed by atoms with Gasteiger partial charge in [-0.05, 0) is 104 Å². The van der Waals surface area contributed by atoms with E-state index in [1.165, 1.54) is 9.58 Å². The molecule has 0 radical (unpaired) electrons. The molecule has 2 aliphatic carbocycles. The summed E-state index contributed by atoms with van der Waals surface area (Å²) in [6.07, 6.45) is 5.22. The van der Waals surface area contributed by atoms with Crippen LogP contribution in [0.4, 0.5) is 4.79 Å². The van der Waals surface area contributed by atoms with E-state index in [0.29, 0.717) is 36.5 Å². The second kappa shape index (κ2) is 15.1. The fourth-order valence-corrected chi connectivity index (χ4v) is 9.12. The largest absolute Gasteiger partial charge is 0.471 e. The molecular weight excluding hydrogens is 741 g/mol. The second-order valence-electron chi connectivity index (χ2n) is 17.8. The lowest BCUT2D eigenvalue weighted by atomic mass is 9.88. The van der Waals surface area contributed by atoms with Crippen molar-refractivity contribution in [2.75, 3.05) is 6.54 Å². The molecule has 2 aromatic rings. The lowest BCUT2D eigenvalue weighted by Crippen LogP contribution is -2.59. The fourth-order valence-electron chi connectivity index (χ4n) is 7.80. The van der Waals surface area contributed by atoms with Crippen LogP contribution in [0.15, 0.2) is 41.2 Å². The Bertz CT molecular complexity index is 2110. The first-order valence-corrected chi connectivity index (χ1v) is 21.2. The molecule has 16 heteroatoms. The zero-order valence-corrected chi connectivity index (χ0v) is 34.4. The Hall–Kier alpha value is -4.47. The zero-order chi connectivity index (χ0) is 41.0.